The van der Waals surface area contributed by atoms with Crippen LogP contribution in [0.2, 0.25) is 0 Å². The Balaban J connectivity index is 1.73. The fourth-order valence-electron chi connectivity index (χ4n) is 2.21. The summed E-state index contributed by atoms with van der Waals surface area (Å²) < 4.78 is 5.21. The zero-order valence-corrected chi connectivity index (χ0v) is 13.6. The first kappa shape index (κ1) is 15.7. The number of hydrazone groups is 1. The van der Waals surface area contributed by atoms with E-state index >= 15 is 0 Å². The van der Waals surface area contributed by atoms with Gasteiger partial charge in [0.05, 0.1) is 30.4 Å². The third kappa shape index (κ3) is 3.76. The van der Waals surface area contributed by atoms with E-state index in [9.17, 15) is 0 Å². The number of pyridine rings is 2. The van der Waals surface area contributed by atoms with Crippen LogP contribution in [0.4, 0.5) is 5.69 Å². The Kier molecular flexibility index (Phi) is 4.81. The number of rotatable bonds is 5. The maximum atomic E-state index is 5.21. The molecule has 2 heterocycles. The highest BCUT2D eigenvalue weighted by Crippen LogP contribution is 2.23. The van der Waals surface area contributed by atoms with Gasteiger partial charge < -0.3 is 4.74 Å². The third-order valence-electron chi connectivity index (χ3n) is 3.56. The van der Waals surface area contributed by atoms with Crippen LogP contribution in [0.1, 0.15) is 12.6 Å². The van der Waals surface area contributed by atoms with Gasteiger partial charge in [0, 0.05) is 18.0 Å². The van der Waals surface area contributed by atoms with Crippen LogP contribution in [-0.2, 0) is 0 Å². The molecule has 0 aliphatic rings. The quantitative estimate of drug-likeness (QED) is 0.571. The summed E-state index contributed by atoms with van der Waals surface area (Å²) in [6.45, 7) is 1.92. The molecule has 120 valence electrons. The van der Waals surface area contributed by atoms with Crippen LogP contribution in [0, 0.1) is 0 Å². The summed E-state index contributed by atoms with van der Waals surface area (Å²) in [7, 11) is 1.63. The maximum absolute atomic E-state index is 5.21. The van der Waals surface area contributed by atoms with Gasteiger partial charge in [0.2, 0.25) is 0 Å². The summed E-state index contributed by atoms with van der Waals surface area (Å²) in [5.41, 5.74) is 7.72. The minimum absolute atomic E-state index is 0.741. The van der Waals surface area contributed by atoms with Gasteiger partial charge in [0.15, 0.2) is 0 Å². The van der Waals surface area contributed by atoms with Crippen LogP contribution in [0.3, 0.4) is 0 Å². The van der Waals surface area contributed by atoms with Gasteiger partial charge in [-0.05, 0) is 42.8 Å². The number of hydrogen-bond acceptors (Lipinski definition) is 5. The Bertz CT molecular complexity index is 830. The van der Waals surface area contributed by atoms with Gasteiger partial charge in [-0.1, -0.05) is 18.2 Å². The van der Waals surface area contributed by atoms with Gasteiger partial charge in [-0.25, -0.2) is 0 Å². The molecule has 1 aromatic carbocycles. The van der Waals surface area contributed by atoms with Crippen LogP contribution >= 0.6 is 0 Å². The fraction of sp³-hybridized carbons (Fsp3) is 0.105. The predicted molar refractivity (Wildman–Crippen MR) is 96.3 cm³/mol. The number of benzene rings is 1. The van der Waals surface area contributed by atoms with Crippen molar-refractivity contribution < 1.29 is 4.74 Å². The summed E-state index contributed by atoms with van der Waals surface area (Å²) in [5.74, 6) is 0.741. The number of anilines is 1. The van der Waals surface area contributed by atoms with E-state index in [1.54, 1.807) is 19.5 Å². The largest absolute Gasteiger partial charge is 0.495 e. The lowest BCUT2D eigenvalue weighted by Crippen LogP contribution is -2.01. The van der Waals surface area contributed by atoms with E-state index in [1.807, 2.05) is 61.7 Å². The van der Waals surface area contributed by atoms with Gasteiger partial charge in [-0.3, -0.25) is 15.4 Å². The summed E-state index contributed by atoms with van der Waals surface area (Å²) in [6, 6.07) is 15.7. The van der Waals surface area contributed by atoms with Gasteiger partial charge >= 0.3 is 0 Å². The van der Waals surface area contributed by atoms with Crippen LogP contribution in [0.15, 0.2) is 72.2 Å². The minimum Gasteiger partial charge on any atom is -0.495 e. The molecule has 0 bridgehead atoms. The van der Waals surface area contributed by atoms with Gasteiger partial charge in [-0.15, -0.1) is 0 Å². The van der Waals surface area contributed by atoms with Crippen molar-refractivity contribution in [2.75, 3.05) is 12.5 Å². The monoisotopic (exact) mass is 318 g/mol. The van der Waals surface area contributed by atoms with Gasteiger partial charge in [0.25, 0.3) is 0 Å². The van der Waals surface area contributed by atoms with E-state index in [-0.39, 0.29) is 0 Å². The zero-order chi connectivity index (χ0) is 16.8. The normalized spacial score (nSPS) is 11.2. The molecule has 0 spiro atoms. The highest BCUT2D eigenvalue weighted by Gasteiger charge is 2.01. The first-order valence-corrected chi connectivity index (χ1v) is 7.57. The van der Waals surface area contributed by atoms with Crippen molar-refractivity contribution in [3.8, 4) is 16.9 Å². The molecule has 0 unspecified atom stereocenters. The average molecular weight is 318 g/mol. The maximum Gasteiger partial charge on any atom is 0.137 e. The third-order valence-corrected chi connectivity index (χ3v) is 3.56. The number of nitrogens with one attached hydrogen (secondary N) is 1. The summed E-state index contributed by atoms with van der Waals surface area (Å²) in [5, 5.41) is 4.37. The summed E-state index contributed by atoms with van der Waals surface area (Å²) >= 11 is 0. The van der Waals surface area contributed by atoms with Crippen LogP contribution in [0.5, 0.6) is 5.75 Å². The Morgan fingerprint density at radius 3 is 2.58 bits per heavy atom. The summed E-state index contributed by atoms with van der Waals surface area (Å²) in [6.07, 6.45) is 5.26. The molecule has 0 saturated heterocycles. The van der Waals surface area contributed by atoms with E-state index in [4.69, 9.17) is 4.74 Å². The SMILES string of the molecule is COc1cncc(-c2ccc(N/N=C(\C)c3ccccn3)cc2)c1. The van der Waals surface area contributed by atoms with Gasteiger partial charge in [0.1, 0.15) is 5.75 Å². The molecular formula is C19H18N4O. The second-order valence-electron chi connectivity index (χ2n) is 5.21. The van der Waals surface area contributed by atoms with Crippen molar-refractivity contribution in [2.24, 2.45) is 5.10 Å². The zero-order valence-electron chi connectivity index (χ0n) is 13.6. The Morgan fingerprint density at radius 2 is 1.88 bits per heavy atom. The second kappa shape index (κ2) is 7.37. The van der Waals surface area contributed by atoms with Gasteiger partial charge in [-0.2, -0.15) is 5.10 Å². The highest BCUT2D eigenvalue weighted by molar-refractivity contribution is 5.97. The van der Waals surface area contributed by atoms with E-state index in [2.05, 4.69) is 20.5 Å². The Morgan fingerprint density at radius 1 is 1.04 bits per heavy atom. The molecule has 0 aliphatic carbocycles. The first-order chi connectivity index (χ1) is 11.8. The molecule has 0 amide bonds. The summed E-state index contributed by atoms with van der Waals surface area (Å²) in [4.78, 5) is 8.45. The van der Waals surface area contributed by atoms with E-state index in [0.717, 1.165) is 34.0 Å². The average Bonchev–Trinajstić information content (AvgIpc) is 2.67. The molecule has 24 heavy (non-hydrogen) atoms. The molecule has 0 radical (unpaired) electrons. The lowest BCUT2D eigenvalue weighted by Gasteiger charge is -2.06. The van der Waals surface area contributed by atoms with Crippen molar-refractivity contribution in [3.05, 3.63) is 72.8 Å². The molecule has 1 N–H and O–H groups in total. The van der Waals surface area contributed by atoms with Crippen molar-refractivity contribution in [1.29, 1.82) is 0 Å². The lowest BCUT2D eigenvalue weighted by molar-refractivity contribution is 0.413. The van der Waals surface area contributed by atoms with E-state index in [1.165, 1.54) is 0 Å². The van der Waals surface area contributed by atoms with Crippen molar-refractivity contribution in [3.63, 3.8) is 0 Å². The van der Waals surface area contributed by atoms with Crippen molar-refractivity contribution in [1.82, 2.24) is 9.97 Å². The van der Waals surface area contributed by atoms with Crippen LogP contribution < -0.4 is 10.2 Å². The number of nitrogens with zero attached hydrogens (tertiary/aromatic N) is 3. The number of aromatic nitrogens is 2. The topological polar surface area (TPSA) is 59.4 Å². The molecule has 5 nitrogen and oxygen atoms in total. The molecule has 0 saturated carbocycles. The molecular weight excluding hydrogens is 300 g/mol. The van der Waals surface area contributed by atoms with Crippen LogP contribution in [-0.4, -0.2) is 22.8 Å². The first-order valence-electron chi connectivity index (χ1n) is 7.57. The Labute approximate surface area is 141 Å². The minimum atomic E-state index is 0.741. The van der Waals surface area contributed by atoms with E-state index < -0.39 is 0 Å². The smallest absolute Gasteiger partial charge is 0.137 e. The molecule has 0 fully saturated rings. The molecule has 0 atom stereocenters. The Hall–Kier alpha value is -3.21. The highest BCUT2D eigenvalue weighted by atomic mass is 16.5. The van der Waals surface area contributed by atoms with Crippen LogP contribution in [0.25, 0.3) is 11.1 Å². The number of ether oxygens (including phenoxy) is 1. The molecule has 3 rings (SSSR count). The fourth-order valence-corrected chi connectivity index (χ4v) is 2.21. The standard InChI is InChI=1S/C19H18N4O/c1-14(19-5-3-4-10-21-19)22-23-17-8-6-15(7-9-17)16-11-18(24-2)13-20-12-16/h3-13,23H,1-2H3/b22-14+. The predicted octanol–water partition coefficient (Wildman–Crippen LogP) is 3.99. The van der Waals surface area contributed by atoms with E-state index in [0.29, 0.717) is 0 Å². The molecule has 2 aromatic heterocycles. The van der Waals surface area contributed by atoms with Crippen molar-refractivity contribution in [2.45, 2.75) is 6.92 Å². The number of methoxy groups -OCH3 is 1. The molecule has 3 aromatic rings. The number of hydrogen-bond donors (Lipinski definition) is 1. The lowest BCUT2D eigenvalue weighted by atomic mass is 10.1. The second-order valence-corrected chi connectivity index (χ2v) is 5.21. The molecule has 5 heteroatoms. The molecule has 0 aliphatic heterocycles. The van der Waals surface area contributed by atoms with Crippen molar-refractivity contribution >= 4 is 11.4 Å².